The fourth-order valence-corrected chi connectivity index (χ4v) is 1.88. The lowest BCUT2D eigenvalue weighted by Gasteiger charge is -2.11. The molecule has 18 heavy (non-hydrogen) atoms. The summed E-state index contributed by atoms with van der Waals surface area (Å²) in [5, 5.41) is 0. The van der Waals surface area contributed by atoms with Crippen LogP contribution in [0.25, 0.3) is 11.2 Å². The lowest BCUT2D eigenvalue weighted by molar-refractivity contribution is 0.872. The summed E-state index contributed by atoms with van der Waals surface area (Å²) in [6, 6.07) is 7.92. The van der Waals surface area contributed by atoms with E-state index in [1.807, 2.05) is 30.7 Å². The fourth-order valence-electron chi connectivity index (χ4n) is 1.88. The lowest BCUT2D eigenvalue weighted by Crippen LogP contribution is -2.13. The van der Waals surface area contributed by atoms with Gasteiger partial charge in [-0.3, -0.25) is 15.1 Å². The molecule has 3 heterocycles. The summed E-state index contributed by atoms with van der Waals surface area (Å²) < 4.78 is 1.99. The third-order valence-corrected chi connectivity index (χ3v) is 2.83. The summed E-state index contributed by atoms with van der Waals surface area (Å²) in [7, 11) is 0. The Balaban J connectivity index is 2.00. The maximum atomic E-state index is 4.43. The van der Waals surface area contributed by atoms with Gasteiger partial charge in [-0.1, -0.05) is 0 Å². The molecule has 0 aliphatic heterocycles. The van der Waals surface area contributed by atoms with Crippen LogP contribution in [-0.4, -0.2) is 19.6 Å². The van der Waals surface area contributed by atoms with Crippen molar-refractivity contribution in [3.63, 3.8) is 0 Å². The van der Waals surface area contributed by atoms with Gasteiger partial charge in [0.1, 0.15) is 11.3 Å². The Morgan fingerprint density at radius 1 is 0.944 bits per heavy atom. The van der Waals surface area contributed by atoms with Gasteiger partial charge in [0.05, 0.1) is 0 Å². The molecule has 5 heteroatoms. The molecule has 5 nitrogen and oxygen atoms in total. The highest BCUT2D eigenvalue weighted by Gasteiger charge is 2.03. The Labute approximate surface area is 104 Å². The van der Waals surface area contributed by atoms with Crippen LogP contribution < -0.4 is 5.43 Å². The quantitative estimate of drug-likeness (QED) is 0.745. The first-order chi connectivity index (χ1) is 8.74. The van der Waals surface area contributed by atoms with Crippen LogP contribution in [0.5, 0.6) is 0 Å². The molecule has 0 saturated heterocycles. The molecule has 0 unspecified atom stereocenters. The molecular formula is C13H13N5. The maximum Gasteiger partial charge on any atom is 0.180 e. The van der Waals surface area contributed by atoms with Crippen LogP contribution in [0, 0.1) is 13.8 Å². The van der Waals surface area contributed by atoms with E-state index in [4.69, 9.17) is 0 Å². The predicted molar refractivity (Wildman–Crippen MR) is 70.3 cm³/mol. The van der Waals surface area contributed by atoms with Crippen molar-refractivity contribution >= 4 is 17.0 Å². The van der Waals surface area contributed by atoms with Gasteiger partial charge >= 0.3 is 0 Å². The zero-order chi connectivity index (χ0) is 12.5. The smallest absolute Gasteiger partial charge is 0.180 e. The van der Waals surface area contributed by atoms with Gasteiger partial charge in [0.15, 0.2) is 5.65 Å². The van der Waals surface area contributed by atoms with Gasteiger partial charge in [0, 0.05) is 23.8 Å². The monoisotopic (exact) mass is 239 g/mol. The number of hydrogen-bond acceptors (Lipinski definition) is 4. The third kappa shape index (κ3) is 1.79. The van der Waals surface area contributed by atoms with Crippen molar-refractivity contribution in [2.24, 2.45) is 0 Å². The Hall–Kier alpha value is -2.43. The van der Waals surface area contributed by atoms with Gasteiger partial charge in [0.2, 0.25) is 0 Å². The number of nitrogens with one attached hydrogen (secondary N) is 1. The van der Waals surface area contributed by atoms with Crippen LogP contribution in [0.15, 0.2) is 36.7 Å². The Bertz CT molecular complexity index is 682. The first-order valence-electron chi connectivity index (χ1n) is 5.74. The molecule has 0 aliphatic carbocycles. The maximum absolute atomic E-state index is 4.43. The Kier molecular flexibility index (Phi) is 2.44. The van der Waals surface area contributed by atoms with E-state index in [9.17, 15) is 0 Å². The molecular weight excluding hydrogens is 226 g/mol. The number of aromatic nitrogens is 4. The van der Waals surface area contributed by atoms with Gasteiger partial charge in [-0.15, -0.1) is 0 Å². The molecule has 1 N–H and O–H groups in total. The van der Waals surface area contributed by atoms with Crippen molar-refractivity contribution in [3.8, 4) is 0 Å². The van der Waals surface area contributed by atoms with Crippen molar-refractivity contribution in [3.05, 3.63) is 48.0 Å². The zero-order valence-electron chi connectivity index (χ0n) is 10.3. The van der Waals surface area contributed by atoms with Crippen molar-refractivity contribution in [1.29, 1.82) is 0 Å². The second-order valence-corrected chi connectivity index (χ2v) is 4.16. The number of hydrogen-bond donors (Lipinski definition) is 1. The molecule has 0 saturated carbocycles. The molecule has 90 valence electrons. The topological polar surface area (TPSA) is 55.6 Å². The van der Waals surface area contributed by atoms with Gasteiger partial charge in [0.25, 0.3) is 0 Å². The number of anilines is 1. The van der Waals surface area contributed by atoms with E-state index in [-0.39, 0.29) is 0 Å². The van der Waals surface area contributed by atoms with Crippen LogP contribution in [-0.2, 0) is 0 Å². The normalized spacial score (nSPS) is 10.8. The summed E-state index contributed by atoms with van der Waals surface area (Å²) in [4.78, 5) is 12.8. The molecule has 0 fully saturated rings. The minimum Gasteiger partial charge on any atom is -0.278 e. The van der Waals surface area contributed by atoms with Crippen molar-refractivity contribution in [2.75, 3.05) is 5.43 Å². The van der Waals surface area contributed by atoms with Gasteiger partial charge in [-0.2, -0.15) is 0 Å². The second-order valence-electron chi connectivity index (χ2n) is 4.16. The highest BCUT2D eigenvalue weighted by Crippen LogP contribution is 2.13. The highest BCUT2D eigenvalue weighted by molar-refractivity contribution is 5.71. The largest absolute Gasteiger partial charge is 0.278 e. The fraction of sp³-hybridized carbons (Fsp3) is 0.154. The SMILES string of the molecule is Cc1ccc(C)n1Nc1ccc2nccnc2n1. The molecule has 0 radical (unpaired) electrons. The third-order valence-electron chi connectivity index (χ3n) is 2.83. The number of rotatable bonds is 2. The van der Waals surface area contributed by atoms with Crippen LogP contribution >= 0.6 is 0 Å². The molecule has 0 bridgehead atoms. The summed E-state index contributed by atoms with van der Waals surface area (Å²) in [5.41, 5.74) is 6.96. The second kappa shape index (κ2) is 4.10. The summed E-state index contributed by atoms with van der Waals surface area (Å²) in [5.74, 6) is 0.755. The average molecular weight is 239 g/mol. The molecule has 0 atom stereocenters. The number of aryl methyl sites for hydroxylation is 2. The minimum atomic E-state index is 0.643. The highest BCUT2D eigenvalue weighted by atomic mass is 15.4. The van der Waals surface area contributed by atoms with Gasteiger partial charge < -0.3 is 0 Å². The zero-order valence-corrected chi connectivity index (χ0v) is 10.3. The van der Waals surface area contributed by atoms with Crippen LogP contribution in [0.3, 0.4) is 0 Å². The first kappa shape index (κ1) is 10.7. The molecule has 0 aromatic carbocycles. The number of nitrogens with zero attached hydrogens (tertiary/aromatic N) is 4. The minimum absolute atomic E-state index is 0.643. The van der Waals surface area contributed by atoms with E-state index in [0.29, 0.717) is 5.65 Å². The van der Waals surface area contributed by atoms with E-state index in [2.05, 4.69) is 32.5 Å². The molecule has 3 aromatic rings. The Morgan fingerprint density at radius 2 is 1.67 bits per heavy atom. The van der Waals surface area contributed by atoms with Gasteiger partial charge in [-0.05, 0) is 38.1 Å². The van der Waals surface area contributed by atoms with E-state index in [0.717, 1.165) is 22.7 Å². The molecule has 0 spiro atoms. The molecule has 3 rings (SSSR count). The molecule has 0 aliphatic rings. The summed E-state index contributed by atoms with van der Waals surface area (Å²) in [6.07, 6.45) is 3.31. The summed E-state index contributed by atoms with van der Waals surface area (Å²) in [6.45, 7) is 4.09. The molecule has 3 aromatic heterocycles. The number of fused-ring (bicyclic) bond motifs is 1. The van der Waals surface area contributed by atoms with E-state index in [1.54, 1.807) is 12.4 Å². The first-order valence-corrected chi connectivity index (χ1v) is 5.74. The Morgan fingerprint density at radius 3 is 2.44 bits per heavy atom. The molecule has 0 amide bonds. The van der Waals surface area contributed by atoms with Crippen LogP contribution in [0.2, 0.25) is 0 Å². The lowest BCUT2D eigenvalue weighted by atomic mass is 10.4. The van der Waals surface area contributed by atoms with Gasteiger partial charge in [-0.25, -0.2) is 9.97 Å². The van der Waals surface area contributed by atoms with Crippen molar-refractivity contribution in [2.45, 2.75) is 13.8 Å². The van der Waals surface area contributed by atoms with Crippen molar-refractivity contribution in [1.82, 2.24) is 19.6 Å². The number of pyridine rings is 1. The van der Waals surface area contributed by atoms with Crippen LogP contribution in [0.4, 0.5) is 5.82 Å². The predicted octanol–water partition coefficient (Wildman–Crippen LogP) is 2.32. The van der Waals surface area contributed by atoms with Crippen LogP contribution in [0.1, 0.15) is 11.4 Å². The van der Waals surface area contributed by atoms with E-state index >= 15 is 0 Å². The van der Waals surface area contributed by atoms with Crippen molar-refractivity contribution < 1.29 is 0 Å². The average Bonchev–Trinajstić information content (AvgIpc) is 2.70. The van der Waals surface area contributed by atoms with E-state index in [1.165, 1.54) is 0 Å². The standard InChI is InChI=1S/C13H13N5/c1-9-3-4-10(2)18(9)17-12-6-5-11-13(16-12)15-8-7-14-11/h3-8H,1-2H3,(H,15,16,17). The summed E-state index contributed by atoms with van der Waals surface area (Å²) >= 11 is 0. The van der Waals surface area contributed by atoms with E-state index < -0.39 is 0 Å².